The molecule has 3 atom stereocenters. The molecule has 0 spiro atoms. The van der Waals surface area contributed by atoms with Crippen LogP contribution in [0.15, 0.2) is 0 Å². The first-order valence-electron chi connectivity index (χ1n) is 8.32. The van der Waals surface area contributed by atoms with Gasteiger partial charge in [-0.15, -0.1) is 0 Å². The van der Waals surface area contributed by atoms with Gasteiger partial charge >= 0.3 is 6.09 Å². The summed E-state index contributed by atoms with van der Waals surface area (Å²) in [5.74, 6) is -0.344. The summed E-state index contributed by atoms with van der Waals surface area (Å²) in [4.78, 5) is 26.7. The average molecular weight is 320 g/mol. The summed E-state index contributed by atoms with van der Waals surface area (Å²) in [7, 11) is 0. The largest absolute Gasteiger partial charge is 0.444 e. The standard InChI is InChI=1S/C18H28N2O3/c1-16(2,3)23-15(22)20-8-7-13-17(4,5)14(21)12(10-19)9-18(13,6)11-20/h12-13H,7-9,11H2,1-6H3. The lowest BCUT2D eigenvalue weighted by molar-refractivity contribution is -0.149. The van der Waals surface area contributed by atoms with Crippen LogP contribution in [0.5, 0.6) is 0 Å². The normalized spacial score (nSPS) is 33.6. The summed E-state index contributed by atoms with van der Waals surface area (Å²) in [6.07, 6.45) is 0.989. The molecule has 5 heteroatoms. The van der Waals surface area contributed by atoms with Crippen molar-refractivity contribution in [2.24, 2.45) is 22.7 Å². The van der Waals surface area contributed by atoms with E-state index in [1.165, 1.54) is 0 Å². The third-order valence-electron chi connectivity index (χ3n) is 5.38. The van der Waals surface area contributed by atoms with Crippen molar-refractivity contribution < 1.29 is 14.3 Å². The number of carbonyl (C=O) groups excluding carboxylic acids is 2. The Kier molecular flexibility index (Phi) is 4.26. The molecule has 1 aliphatic heterocycles. The lowest BCUT2D eigenvalue weighted by Crippen LogP contribution is -2.60. The number of amides is 1. The molecule has 5 nitrogen and oxygen atoms in total. The number of hydrogen-bond acceptors (Lipinski definition) is 4. The molecule has 23 heavy (non-hydrogen) atoms. The number of ether oxygens (including phenoxy) is 1. The number of Topliss-reactive ketones (excluding diaryl/α,β-unsaturated/α-hetero) is 1. The number of fused-ring (bicyclic) bond motifs is 1. The van der Waals surface area contributed by atoms with Gasteiger partial charge in [0.2, 0.25) is 0 Å². The second kappa shape index (κ2) is 5.51. The van der Waals surface area contributed by atoms with Gasteiger partial charge in [0.1, 0.15) is 11.5 Å². The molecule has 0 N–H and O–H groups in total. The first-order valence-corrected chi connectivity index (χ1v) is 8.32. The zero-order chi connectivity index (χ0) is 17.6. The summed E-state index contributed by atoms with van der Waals surface area (Å²) in [6.45, 7) is 12.7. The quantitative estimate of drug-likeness (QED) is 0.686. The number of ketones is 1. The van der Waals surface area contributed by atoms with Crippen molar-refractivity contribution in [2.75, 3.05) is 13.1 Å². The Morgan fingerprint density at radius 1 is 1.35 bits per heavy atom. The van der Waals surface area contributed by atoms with E-state index < -0.39 is 16.9 Å². The molecule has 0 aromatic rings. The number of carbonyl (C=O) groups is 2. The van der Waals surface area contributed by atoms with Gasteiger partial charge in [0.25, 0.3) is 0 Å². The minimum absolute atomic E-state index is 0.0493. The number of rotatable bonds is 0. The van der Waals surface area contributed by atoms with Gasteiger partial charge in [0.05, 0.1) is 6.07 Å². The molecule has 2 rings (SSSR count). The lowest BCUT2D eigenvalue weighted by atomic mass is 9.51. The Labute approximate surface area is 139 Å². The van der Waals surface area contributed by atoms with E-state index >= 15 is 0 Å². The molecular formula is C18H28N2O3. The van der Waals surface area contributed by atoms with E-state index in [9.17, 15) is 14.9 Å². The Morgan fingerprint density at radius 3 is 2.48 bits per heavy atom. The van der Waals surface area contributed by atoms with Crippen molar-refractivity contribution in [3.63, 3.8) is 0 Å². The molecule has 128 valence electrons. The molecule has 2 fully saturated rings. The maximum atomic E-state index is 12.6. The number of piperidine rings is 1. The molecule has 1 saturated heterocycles. The smallest absolute Gasteiger partial charge is 0.410 e. The predicted molar refractivity (Wildman–Crippen MR) is 86.5 cm³/mol. The molecule has 2 aliphatic rings. The van der Waals surface area contributed by atoms with Crippen LogP contribution in [0.4, 0.5) is 4.79 Å². The summed E-state index contributed by atoms with van der Waals surface area (Å²) >= 11 is 0. The van der Waals surface area contributed by atoms with Crippen molar-refractivity contribution in [2.45, 2.75) is 60.0 Å². The third-order valence-corrected chi connectivity index (χ3v) is 5.38. The van der Waals surface area contributed by atoms with Crippen LogP contribution in [0.2, 0.25) is 0 Å². The maximum absolute atomic E-state index is 12.6. The molecule has 0 bridgehead atoms. The van der Waals surface area contributed by atoms with Gasteiger partial charge < -0.3 is 9.64 Å². The van der Waals surface area contributed by atoms with Crippen molar-refractivity contribution in [3.8, 4) is 6.07 Å². The van der Waals surface area contributed by atoms with E-state index in [1.807, 2.05) is 34.6 Å². The van der Waals surface area contributed by atoms with Crippen molar-refractivity contribution in [3.05, 3.63) is 0 Å². The topological polar surface area (TPSA) is 70.4 Å². The van der Waals surface area contributed by atoms with Gasteiger partial charge in [-0.05, 0) is 44.9 Å². The molecule has 0 aromatic carbocycles. The minimum atomic E-state index is -0.579. The minimum Gasteiger partial charge on any atom is -0.444 e. The van der Waals surface area contributed by atoms with E-state index in [-0.39, 0.29) is 23.2 Å². The number of nitriles is 1. The van der Waals surface area contributed by atoms with Gasteiger partial charge in [-0.3, -0.25) is 4.79 Å². The number of hydrogen-bond donors (Lipinski definition) is 0. The first-order chi connectivity index (χ1) is 10.4. The van der Waals surface area contributed by atoms with E-state index in [0.717, 1.165) is 6.42 Å². The average Bonchev–Trinajstić information content (AvgIpc) is 2.40. The second-order valence-electron chi connectivity index (χ2n) is 8.87. The van der Waals surface area contributed by atoms with Crippen LogP contribution in [-0.4, -0.2) is 35.5 Å². The van der Waals surface area contributed by atoms with Gasteiger partial charge in [-0.1, -0.05) is 20.8 Å². The van der Waals surface area contributed by atoms with Crippen molar-refractivity contribution in [1.29, 1.82) is 5.26 Å². The fourth-order valence-corrected chi connectivity index (χ4v) is 4.46. The lowest BCUT2D eigenvalue weighted by Gasteiger charge is -2.55. The van der Waals surface area contributed by atoms with Crippen LogP contribution in [-0.2, 0) is 9.53 Å². The molecule has 0 radical (unpaired) electrons. The monoisotopic (exact) mass is 320 g/mol. The Bertz CT molecular complexity index is 556. The molecular weight excluding hydrogens is 292 g/mol. The van der Waals surface area contributed by atoms with Crippen LogP contribution in [0, 0.1) is 34.0 Å². The van der Waals surface area contributed by atoms with Crippen LogP contribution in [0.3, 0.4) is 0 Å². The van der Waals surface area contributed by atoms with Gasteiger partial charge in [0, 0.05) is 18.5 Å². The van der Waals surface area contributed by atoms with Gasteiger partial charge in [0.15, 0.2) is 5.78 Å². The van der Waals surface area contributed by atoms with Crippen molar-refractivity contribution in [1.82, 2.24) is 4.90 Å². The zero-order valence-electron chi connectivity index (χ0n) is 15.1. The Morgan fingerprint density at radius 2 is 1.96 bits per heavy atom. The maximum Gasteiger partial charge on any atom is 0.410 e. The van der Waals surface area contributed by atoms with Gasteiger partial charge in [-0.25, -0.2) is 4.79 Å². The van der Waals surface area contributed by atoms with Crippen LogP contribution in [0.25, 0.3) is 0 Å². The van der Waals surface area contributed by atoms with E-state index in [1.54, 1.807) is 4.90 Å². The van der Waals surface area contributed by atoms with E-state index in [2.05, 4.69) is 13.0 Å². The van der Waals surface area contributed by atoms with E-state index in [4.69, 9.17) is 4.74 Å². The summed E-state index contributed by atoms with van der Waals surface area (Å²) < 4.78 is 5.48. The zero-order valence-corrected chi connectivity index (χ0v) is 15.1. The third kappa shape index (κ3) is 3.22. The molecule has 1 amide bonds. The van der Waals surface area contributed by atoms with Gasteiger partial charge in [-0.2, -0.15) is 5.26 Å². The molecule has 1 saturated carbocycles. The fourth-order valence-electron chi connectivity index (χ4n) is 4.46. The van der Waals surface area contributed by atoms with Crippen LogP contribution >= 0.6 is 0 Å². The second-order valence-corrected chi connectivity index (χ2v) is 8.87. The first kappa shape index (κ1) is 17.8. The summed E-state index contributed by atoms with van der Waals surface area (Å²) in [5, 5.41) is 9.35. The molecule has 1 heterocycles. The highest BCUT2D eigenvalue weighted by atomic mass is 16.6. The Hall–Kier alpha value is -1.57. The Balaban J connectivity index is 2.23. The highest BCUT2D eigenvalue weighted by molar-refractivity contribution is 5.89. The van der Waals surface area contributed by atoms with E-state index in [0.29, 0.717) is 19.5 Å². The molecule has 1 aliphatic carbocycles. The molecule has 3 unspecified atom stereocenters. The SMILES string of the molecule is CC(C)(C)OC(=O)N1CCC2C(C)(CC(C#N)C(=O)C2(C)C)C1. The van der Waals surface area contributed by atoms with Crippen LogP contribution < -0.4 is 0 Å². The summed E-state index contributed by atoms with van der Waals surface area (Å²) in [5.41, 5.74) is -1.27. The van der Waals surface area contributed by atoms with Crippen LogP contribution in [0.1, 0.15) is 54.4 Å². The number of likely N-dealkylation sites (tertiary alicyclic amines) is 1. The summed E-state index contributed by atoms with van der Waals surface area (Å²) in [6, 6.07) is 2.17. The number of nitrogens with zero attached hydrogens (tertiary/aromatic N) is 2. The highest BCUT2D eigenvalue weighted by Gasteiger charge is 2.57. The highest BCUT2D eigenvalue weighted by Crippen LogP contribution is 2.54. The molecule has 0 aromatic heterocycles. The predicted octanol–water partition coefficient (Wildman–Crippen LogP) is 3.39. The fraction of sp³-hybridized carbons (Fsp3) is 0.833. The van der Waals surface area contributed by atoms with Crippen molar-refractivity contribution >= 4 is 11.9 Å².